The maximum absolute atomic E-state index is 12.1. The second-order valence-corrected chi connectivity index (χ2v) is 4.70. The van der Waals surface area contributed by atoms with E-state index in [4.69, 9.17) is 5.73 Å². The summed E-state index contributed by atoms with van der Waals surface area (Å²) in [4.78, 5) is 18.3. The summed E-state index contributed by atoms with van der Waals surface area (Å²) in [5.74, 6) is 0.0191. The molecule has 0 aromatic carbocycles. The Morgan fingerprint density at radius 1 is 1.47 bits per heavy atom. The largest absolute Gasteiger partial charge is 0.330 e. The van der Waals surface area contributed by atoms with E-state index in [2.05, 4.69) is 4.98 Å². The molecule has 1 aliphatic carbocycles. The van der Waals surface area contributed by atoms with Gasteiger partial charge in [0.1, 0.15) is 0 Å². The molecular formula is C13H19N3O. The molecule has 0 bridgehead atoms. The number of nitrogens with two attached hydrogens (primary N) is 1. The van der Waals surface area contributed by atoms with Crippen LogP contribution in [-0.2, 0) is 4.79 Å². The summed E-state index contributed by atoms with van der Waals surface area (Å²) in [6.07, 6.45) is 3.92. The third kappa shape index (κ3) is 2.64. The van der Waals surface area contributed by atoms with Crippen molar-refractivity contribution in [1.82, 2.24) is 9.88 Å². The molecule has 1 amide bonds. The number of hydrogen-bond acceptors (Lipinski definition) is 3. The summed E-state index contributed by atoms with van der Waals surface area (Å²) in [5.41, 5.74) is 6.63. The van der Waals surface area contributed by atoms with Crippen LogP contribution in [0.4, 0.5) is 0 Å². The summed E-state index contributed by atoms with van der Waals surface area (Å²) in [7, 11) is 0. The highest BCUT2D eigenvalue weighted by Gasteiger charge is 2.37. The van der Waals surface area contributed by atoms with Gasteiger partial charge >= 0.3 is 0 Å². The molecule has 2 atom stereocenters. The lowest BCUT2D eigenvalue weighted by molar-refractivity contribution is -0.135. The van der Waals surface area contributed by atoms with Crippen molar-refractivity contribution in [3.63, 3.8) is 0 Å². The van der Waals surface area contributed by atoms with Crippen LogP contribution in [0.25, 0.3) is 0 Å². The van der Waals surface area contributed by atoms with E-state index in [1.807, 2.05) is 30.0 Å². The second kappa shape index (κ2) is 4.84. The first kappa shape index (κ1) is 12.0. The molecule has 1 aromatic heterocycles. The Morgan fingerprint density at radius 2 is 2.18 bits per heavy atom. The van der Waals surface area contributed by atoms with Crippen LogP contribution in [0, 0.1) is 0 Å². The molecule has 0 radical (unpaired) electrons. The van der Waals surface area contributed by atoms with Crippen molar-refractivity contribution in [3.8, 4) is 0 Å². The quantitative estimate of drug-likeness (QED) is 0.857. The molecule has 1 fully saturated rings. The topological polar surface area (TPSA) is 59.2 Å². The van der Waals surface area contributed by atoms with Crippen LogP contribution in [0.15, 0.2) is 24.4 Å². The van der Waals surface area contributed by atoms with Crippen LogP contribution in [0.2, 0.25) is 0 Å². The predicted molar refractivity (Wildman–Crippen MR) is 66.2 cm³/mol. The van der Waals surface area contributed by atoms with Crippen molar-refractivity contribution in [2.75, 3.05) is 0 Å². The normalized spacial score (nSPS) is 18.5. The number of hydrogen-bond donors (Lipinski definition) is 1. The lowest BCUT2D eigenvalue weighted by Gasteiger charge is -2.30. The summed E-state index contributed by atoms with van der Waals surface area (Å²) in [6, 6.07) is 5.69. The van der Waals surface area contributed by atoms with Gasteiger partial charge in [-0.2, -0.15) is 0 Å². The molecule has 1 saturated carbocycles. The van der Waals surface area contributed by atoms with Gasteiger partial charge in [0.15, 0.2) is 0 Å². The molecule has 1 aliphatic rings. The Kier molecular flexibility index (Phi) is 3.43. The molecule has 17 heavy (non-hydrogen) atoms. The average Bonchev–Trinajstić information content (AvgIpc) is 3.14. The minimum Gasteiger partial charge on any atom is -0.330 e. The average molecular weight is 233 g/mol. The zero-order valence-electron chi connectivity index (χ0n) is 10.3. The Balaban J connectivity index is 2.19. The summed E-state index contributed by atoms with van der Waals surface area (Å²) in [6.45, 7) is 3.75. The smallest absolute Gasteiger partial charge is 0.240 e. The van der Waals surface area contributed by atoms with Gasteiger partial charge in [0.25, 0.3) is 0 Å². The molecular weight excluding hydrogens is 214 g/mol. The third-order valence-corrected chi connectivity index (χ3v) is 3.12. The van der Waals surface area contributed by atoms with Crippen molar-refractivity contribution < 1.29 is 4.79 Å². The van der Waals surface area contributed by atoms with E-state index in [0.29, 0.717) is 6.04 Å². The molecule has 4 heteroatoms. The van der Waals surface area contributed by atoms with Crippen LogP contribution in [0.5, 0.6) is 0 Å². The van der Waals surface area contributed by atoms with Crippen LogP contribution in [-0.4, -0.2) is 27.9 Å². The van der Waals surface area contributed by atoms with Crippen molar-refractivity contribution >= 4 is 5.91 Å². The number of carbonyl (C=O) groups excluding carboxylic acids is 1. The van der Waals surface area contributed by atoms with Gasteiger partial charge in [-0.3, -0.25) is 9.78 Å². The number of rotatable bonds is 4. The number of aromatic nitrogens is 1. The maximum Gasteiger partial charge on any atom is 0.240 e. The number of amides is 1. The van der Waals surface area contributed by atoms with Gasteiger partial charge in [0.05, 0.1) is 17.8 Å². The Morgan fingerprint density at radius 3 is 2.65 bits per heavy atom. The van der Waals surface area contributed by atoms with Crippen LogP contribution in [0.1, 0.15) is 38.4 Å². The van der Waals surface area contributed by atoms with Crippen LogP contribution in [0.3, 0.4) is 0 Å². The third-order valence-electron chi connectivity index (χ3n) is 3.12. The molecule has 0 unspecified atom stereocenters. The van der Waals surface area contributed by atoms with Crippen molar-refractivity contribution in [3.05, 3.63) is 30.1 Å². The molecule has 2 rings (SSSR count). The SMILES string of the molecule is C[C@H](N)C(=O)N(C1CC1)[C@@H](C)c1ccccn1. The van der Waals surface area contributed by atoms with Gasteiger partial charge in [-0.1, -0.05) is 6.07 Å². The Bertz CT molecular complexity index is 387. The van der Waals surface area contributed by atoms with Crippen LogP contribution < -0.4 is 5.73 Å². The highest BCUT2D eigenvalue weighted by molar-refractivity contribution is 5.82. The highest BCUT2D eigenvalue weighted by Crippen LogP contribution is 2.34. The van der Waals surface area contributed by atoms with E-state index in [-0.39, 0.29) is 11.9 Å². The fourth-order valence-electron chi connectivity index (χ4n) is 2.04. The Labute approximate surface area is 102 Å². The number of pyridine rings is 1. The van der Waals surface area contributed by atoms with Crippen LogP contribution >= 0.6 is 0 Å². The predicted octanol–water partition coefficient (Wildman–Crippen LogP) is 1.48. The maximum atomic E-state index is 12.1. The number of carbonyl (C=O) groups is 1. The molecule has 0 spiro atoms. The number of nitrogens with zero attached hydrogens (tertiary/aromatic N) is 2. The Hall–Kier alpha value is -1.42. The molecule has 2 N–H and O–H groups in total. The minimum absolute atomic E-state index is 0.00204. The monoisotopic (exact) mass is 233 g/mol. The fourth-order valence-corrected chi connectivity index (χ4v) is 2.04. The van der Waals surface area contributed by atoms with E-state index in [1.54, 1.807) is 13.1 Å². The molecule has 1 heterocycles. The molecule has 0 saturated heterocycles. The second-order valence-electron chi connectivity index (χ2n) is 4.70. The molecule has 4 nitrogen and oxygen atoms in total. The molecule has 92 valence electrons. The minimum atomic E-state index is -0.443. The van der Waals surface area contributed by atoms with E-state index < -0.39 is 6.04 Å². The van der Waals surface area contributed by atoms with Gasteiger partial charge in [-0.25, -0.2) is 0 Å². The first-order chi connectivity index (χ1) is 8.11. The lowest BCUT2D eigenvalue weighted by atomic mass is 10.1. The molecule has 0 aliphatic heterocycles. The fraction of sp³-hybridized carbons (Fsp3) is 0.538. The van der Waals surface area contributed by atoms with E-state index in [0.717, 1.165) is 18.5 Å². The van der Waals surface area contributed by atoms with Gasteiger partial charge in [-0.15, -0.1) is 0 Å². The van der Waals surface area contributed by atoms with Gasteiger partial charge < -0.3 is 10.6 Å². The van der Waals surface area contributed by atoms with Gasteiger partial charge in [0, 0.05) is 12.2 Å². The van der Waals surface area contributed by atoms with E-state index >= 15 is 0 Å². The van der Waals surface area contributed by atoms with Crippen molar-refractivity contribution in [1.29, 1.82) is 0 Å². The zero-order chi connectivity index (χ0) is 12.4. The highest BCUT2D eigenvalue weighted by atomic mass is 16.2. The summed E-state index contributed by atoms with van der Waals surface area (Å²) in [5, 5.41) is 0. The van der Waals surface area contributed by atoms with Crippen molar-refractivity contribution in [2.24, 2.45) is 5.73 Å². The van der Waals surface area contributed by atoms with E-state index in [1.165, 1.54) is 0 Å². The lowest BCUT2D eigenvalue weighted by Crippen LogP contribution is -2.44. The first-order valence-electron chi connectivity index (χ1n) is 6.10. The summed E-state index contributed by atoms with van der Waals surface area (Å²) < 4.78 is 0. The molecule has 1 aromatic rings. The zero-order valence-corrected chi connectivity index (χ0v) is 10.3. The standard InChI is InChI=1S/C13H19N3O/c1-9(14)13(17)16(11-6-7-11)10(2)12-5-3-4-8-15-12/h3-5,8-11H,6-7,14H2,1-2H3/t9-,10-/m0/s1. The van der Waals surface area contributed by atoms with E-state index in [9.17, 15) is 4.79 Å². The van der Waals surface area contributed by atoms with Gasteiger partial charge in [0.2, 0.25) is 5.91 Å². The van der Waals surface area contributed by atoms with Gasteiger partial charge in [-0.05, 0) is 38.8 Å². The first-order valence-corrected chi connectivity index (χ1v) is 6.10. The van der Waals surface area contributed by atoms with Crippen molar-refractivity contribution in [2.45, 2.75) is 44.8 Å². The summed E-state index contributed by atoms with van der Waals surface area (Å²) >= 11 is 0.